The maximum Gasteiger partial charge on any atom is 0.108 e. The van der Waals surface area contributed by atoms with E-state index in [1.54, 1.807) is 0 Å². The Balaban J connectivity index is 2.05. The van der Waals surface area contributed by atoms with E-state index in [2.05, 4.69) is 11.4 Å². The minimum Gasteiger partial charge on any atom is -0.466 e. The van der Waals surface area contributed by atoms with Gasteiger partial charge in [-0.2, -0.15) is 0 Å². The molecule has 1 aliphatic heterocycles. The monoisotopic (exact) mass is 177 g/mol. The largest absolute Gasteiger partial charge is 0.466 e. The second kappa shape index (κ2) is 2.61. The third-order valence-electron chi connectivity index (χ3n) is 3.39. The zero-order chi connectivity index (χ0) is 8.84. The molecule has 2 heterocycles. The molecule has 1 aromatic rings. The first-order valence-corrected chi connectivity index (χ1v) is 5.17. The summed E-state index contributed by atoms with van der Waals surface area (Å²) in [6.45, 7) is 3.22. The molecule has 0 radical (unpaired) electrons. The van der Waals surface area contributed by atoms with E-state index in [-0.39, 0.29) is 0 Å². The standard InChI is InChI=1S/C11H15NO/c1-7-6-9-10(13-7)3-2-8-4-5-12-11(8)9/h6,8,11-12H,2-5H2,1H3. The predicted octanol–water partition coefficient (Wildman–Crippen LogP) is 2.18. The van der Waals surface area contributed by atoms with Crippen LogP contribution < -0.4 is 5.32 Å². The Labute approximate surface area is 78.3 Å². The van der Waals surface area contributed by atoms with Crippen molar-refractivity contribution >= 4 is 0 Å². The molecule has 0 aromatic carbocycles. The van der Waals surface area contributed by atoms with Crippen molar-refractivity contribution in [2.24, 2.45) is 5.92 Å². The first kappa shape index (κ1) is 7.63. The van der Waals surface area contributed by atoms with E-state index < -0.39 is 0 Å². The molecule has 13 heavy (non-hydrogen) atoms. The van der Waals surface area contributed by atoms with Gasteiger partial charge in [0.25, 0.3) is 0 Å². The number of rotatable bonds is 0. The van der Waals surface area contributed by atoms with Gasteiger partial charge in [-0.25, -0.2) is 0 Å². The number of furan rings is 1. The summed E-state index contributed by atoms with van der Waals surface area (Å²) in [7, 11) is 0. The summed E-state index contributed by atoms with van der Waals surface area (Å²) in [5.74, 6) is 3.16. The molecule has 0 bridgehead atoms. The van der Waals surface area contributed by atoms with Gasteiger partial charge < -0.3 is 9.73 Å². The van der Waals surface area contributed by atoms with E-state index in [0.29, 0.717) is 6.04 Å². The van der Waals surface area contributed by atoms with Crippen molar-refractivity contribution in [3.63, 3.8) is 0 Å². The lowest BCUT2D eigenvalue weighted by Crippen LogP contribution is -2.22. The van der Waals surface area contributed by atoms with Crippen LogP contribution in [-0.2, 0) is 6.42 Å². The molecule has 3 rings (SSSR count). The van der Waals surface area contributed by atoms with Crippen molar-refractivity contribution in [3.8, 4) is 0 Å². The minimum atomic E-state index is 0.598. The van der Waals surface area contributed by atoms with E-state index in [1.165, 1.54) is 30.7 Å². The Morgan fingerprint density at radius 3 is 3.31 bits per heavy atom. The smallest absolute Gasteiger partial charge is 0.108 e. The zero-order valence-corrected chi connectivity index (χ0v) is 7.97. The van der Waals surface area contributed by atoms with E-state index in [4.69, 9.17) is 4.42 Å². The molecule has 1 N–H and O–H groups in total. The van der Waals surface area contributed by atoms with Gasteiger partial charge in [-0.3, -0.25) is 0 Å². The topological polar surface area (TPSA) is 25.2 Å². The summed E-state index contributed by atoms with van der Waals surface area (Å²) >= 11 is 0. The molecular weight excluding hydrogens is 162 g/mol. The summed E-state index contributed by atoms with van der Waals surface area (Å²) in [6, 6.07) is 2.81. The van der Waals surface area contributed by atoms with Crippen molar-refractivity contribution in [1.82, 2.24) is 5.32 Å². The normalized spacial score (nSPS) is 31.5. The molecule has 0 saturated carbocycles. The van der Waals surface area contributed by atoms with Crippen LogP contribution in [0, 0.1) is 12.8 Å². The molecule has 1 saturated heterocycles. The molecule has 0 amide bonds. The molecule has 2 heteroatoms. The maximum atomic E-state index is 5.67. The van der Waals surface area contributed by atoms with Gasteiger partial charge in [-0.15, -0.1) is 0 Å². The first-order valence-electron chi connectivity index (χ1n) is 5.17. The molecular formula is C11H15NO. The number of aryl methyl sites for hydroxylation is 2. The van der Waals surface area contributed by atoms with Gasteiger partial charge in [0.1, 0.15) is 11.5 Å². The van der Waals surface area contributed by atoms with Crippen molar-refractivity contribution in [2.75, 3.05) is 6.54 Å². The van der Waals surface area contributed by atoms with E-state index >= 15 is 0 Å². The van der Waals surface area contributed by atoms with Gasteiger partial charge in [0.05, 0.1) is 0 Å². The molecule has 0 spiro atoms. The zero-order valence-electron chi connectivity index (χ0n) is 7.97. The third kappa shape index (κ3) is 1.05. The van der Waals surface area contributed by atoms with Gasteiger partial charge in [0, 0.05) is 18.0 Å². The van der Waals surface area contributed by atoms with Crippen LogP contribution in [0.2, 0.25) is 0 Å². The third-order valence-corrected chi connectivity index (χ3v) is 3.39. The molecule has 2 nitrogen and oxygen atoms in total. The molecule has 1 aliphatic carbocycles. The van der Waals surface area contributed by atoms with E-state index in [0.717, 1.165) is 18.1 Å². The average Bonchev–Trinajstić information content (AvgIpc) is 2.65. The summed E-state index contributed by atoms with van der Waals surface area (Å²) in [5, 5.41) is 3.57. The van der Waals surface area contributed by atoms with Crippen LogP contribution in [0.1, 0.15) is 36.0 Å². The Kier molecular flexibility index (Phi) is 1.53. The van der Waals surface area contributed by atoms with E-state index in [1.807, 2.05) is 6.92 Å². The van der Waals surface area contributed by atoms with E-state index in [9.17, 15) is 0 Å². The highest BCUT2D eigenvalue weighted by Crippen LogP contribution is 2.40. The van der Waals surface area contributed by atoms with Crippen molar-refractivity contribution in [2.45, 2.75) is 32.2 Å². The van der Waals surface area contributed by atoms with Crippen molar-refractivity contribution < 1.29 is 4.42 Å². The van der Waals surface area contributed by atoms with Gasteiger partial charge in [0.15, 0.2) is 0 Å². The average molecular weight is 177 g/mol. The van der Waals surface area contributed by atoms with Crippen LogP contribution in [0.5, 0.6) is 0 Å². The Morgan fingerprint density at radius 2 is 2.38 bits per heavy atom. The summed E-state index contributed by atoms with van der Waals surface area (Å²) in [4.78, 5) is 0. The van der Waals surface area contributed by atoms with Crippen LogP contribution in [0.25, 0.3) is 0 Å². The van der Waals surface area contributed by atoms with Crippen LogP contribution in [-0.4, -0.2) is 6.54 Å². The highest BCUT2D eigenvalue weighted by molar-refractivity contribution is 5.29. The first-order chi connectivity index (χ1) is 6.34. The highest BCUT2D eigenvalue weighted by Gasteiger charge is 2.34. The summed E-state index contributed by atoms with van der Waals surface area (Å²) in [5.41, 5.74) is 1.44. The minimum absolute atomic E-state index is 0.598. The number of hydrogen-bond acceptors (Lipinski definition) is 2. The van der Waals surface area contributed by atoms with Gasteiger partial charge >= 0.3 is 0 Å². The predicted molar refractivity (Wildman–Crippen MR) is 50.6 cm³/mol. The van der Waals surface area contributed by atoms with Crippen molar-refractivity contribution in [1.29, 1.82) is 0 Å². The summed E-state index contributed by atoms with van der Waals surface area (Å²) < 4.78 is 5.67. The van der Waals surface area contributed by atoms with Crippen LogP contribution >= 0.6 is 0 Å². The molecule has 2 unspecified atom stereocenters. The number of fused-ring (bicyclic) bond motifs is 3. The fourth-order valence-electron chi connectivity index (χ4n) is 2.79. The van der Waals surface area contributed by atoms with Crippen molar-refractivity contribution in [3.05, 3.63) is 23.2 Å². The SMILES string of the molecule is Cc1cc2c(o1)CCC1CCNC21. The number of nitrogens with one attached hydrogen (secondary N) is 1. The molecule has 70 valence electrons. The highest BCUT2D eigenvalue weighted by atomic mass is 16.3. The fourth-order valence-corrected chi connectivity index (χ4v) is 2.79. The maximum absolute atomic E-state index is 5.67. The second-order valence-electron chi connectivity index (χ2n) is 4.25. The molecule has 1 fully saturated rings. The Hall–Kier alpha value is -0.760. The summed E-state index contributed by atoms with van der Waals surface area (Å²) in [6.07, 6.45) is 3.79. The lowest BCUT2D eigenvalue weighted by atomic mass is 9.84. The fraction of sp³-hybridized carbons (Fsp3) is 0.636. The van der Waals surface area contributed by atoms with Gasteiger partial charge in [-0.05, 0) is 38.3 Å². The van der Waals surface area contributed by atoms with Crippen LogP contribution in [0.3, 0.4) is 0 Å². The van der Waals surface area contributed by atoms with Gasteiger partial charge in [-0.1, -0.05) is 0 Å². The molecule has 2 atom stereocenters. The Morgan fingerprint density at radius 1 is 1.46 bits per heavy atom. The van der Waals surface area contributed by atoms with Crippen LogP contribution in [0.4, 0.5) is 0 Å². The quantitative estimate of drug-likeness (QED) is 0.657. The van der Waals surface area contributed by atoms with Gasteiger partial charge in [0.2, 0.25) is 0 Å². The van der Waals surface area contributed by atoms with Crippen LogP contribution in [0.15, 0.2) is 10.5 Å². The lowest BCUT2D eigenvalue weighted by Gasteiger charge is -2.24. The number of hydrogen-bond donors (Lipinski definition) is 1. The lowest BCUT2D eigenvalue weighted by molar-refractivity contribution is 0.363. The second-order valence-corrected chi connectivity index (χ2v) is 4.25. The molecule has 1 aromatic heterocycles. The Bertz CT molecular complexity index is 329. The molecule has 2 aliphatic rings.